The standard InChI is InChI=1S/C16H20N2O/c1-2-10-18-12-13-11-15(8-9-16(13)17)19-14-6-4-3-5-7-14/h3-9,11,18H,2,10,12,17H2,1H3. The first kappa shape index (κ1) is 13.4. The van der Waals surface area contributed by atoms with Gasteiger partial charge >= 0.3 is 0 Å². The molecule has 3 N–H and O–H groups in total. The molecule has 100 valence electrons. The van der Waals surface area contributed by atoms with Gasteiger partial charge in [0.2, 0.25) is 0 Å². The third-order valence-corrected chi connectivity index (χ3v) is 2.84. The van der Waals surface area contributed by atoms with Crippen molar-refractivity contribution in [1.82, 2.24) is 5.32 Å². The number of hydrogen-bond donors (Lipinski definition) is 2. The number of nitrogens with two attached hydrogens (primary N) is 1. The highest BCUT2D eigenvalue weighted by molar-refractivity contribution is 5.51. The summed E-state index contributed by atoms with van der Waals surface area (Å²) in [5.74, 6) is 1.65. The third kappa shape index (κ3) is 4.00. The summed E-state index contributed by atoms with van der Waals surface area (Å²) in [5, 5.41) is 3.35. The van der Waals surface area contributed by atoms with Gasteiger partial charge in [0.15, 0.2) is 0 Å². The number of rotatable bonds is 6. The number of nitrogens with one attached hydrogen (secondary N) is 1. The van der Waals surface area contributed by atoms with Crippen LogP contribution >= 0.6 is 0 Å². The Morgan fingerprint density at radius 3 is 2.58 bits per heavy atom. The minimum atomic E-state index is 0.770. The largest absolute Gasteiger partial charge is 0.457 e. The van der Waals surface area contributed by atoms with Crippen molar-refractivity contribution in [3.8, 4) is 11.5 Å². The molecular weight excluding hydrogens is 236 g/mol. The predicted molar refractivity (Wildman–Crippen MR) is 79.4 cm³/mol. The maximum Gasteiger partial charge on any atom is 0.127 e. The van der Waals surface area contributed by atoms with Crippen molar-refractivity contribution in [2.45, 2.75) is 19.9 Å². The number of nitrogen functional groups attached to an aromatic ring is 1. The lowest BCUT2D eigenvalue weighted by molar-refractivity contribution is 0.481. The Morgan fingerprint density at radius 2 is 1.84 bits per heavy atom. The molecule has 2 aromatic rings. The Labute approximate surface area is 114 Å². The summed E-state index contributed by atoms with van der Waals surface area (Å²) in [6.45, 7) is 3.90. The van der Waals surface area contributed by atoms with Crippen LogP contribution in [0.2, 0.25) is 0 Å². The maximum absolute atomic E-state index is 5.97. The summed E-state index contributed by atoms with van der Waals surface area (Å²) in [7, 11) is 0. The second kappa shape index (κ2) is 6.81. The van der Waals surface area contributed by atoms with Crippen LogP contribution in [0.1, 0.15) is 18.9 Å². The van der Waals surface area contributed by atoms with Gasteiger partial charge in [-0.05, 0) is 48.9 Å². The second-order valence-electron chi connectivity index (χ2n) is 4.45. The van der Waals surface area contributed by atoms with Crippen LogP contribution in [0.25, 0.3) is 0 Å². The van der Waals surface area contributed by atoms with E-state index in [4.69, 9.17) is 10.5 Å². The summed E-state index contributed by atoms with van der Waals surface area (Å²) in [4.78, 5) is 0. The minimum Gasteiger partial charge on any atom is -0.457 e. The summed E-state index contributed by atoms with van der Waals surface area (Å²) < 4.78 is 5.80. The summed E-state index contributed by atoms with van der Waals surface area (Å²) in [6, 6.07) is 15.5. The Balaban J connectivity index is 2.07. The van der Waals surface area contributed by atoms with E-state index in [1.165, 1.54) is 0 Å². The number of benzene rings is 2. The van der Waals surface area contributed by atoms with Crippen molar-refractivity contribution in [3.63, 3.8) is 0 Å². The predicted octanol–water partition coefficient (Wildman–Crippen LogP) is 3.56. The van der Waals surface area contributed by atoms with Gasteiger partial charge in [-0.1, -0.05) is 25.1 Å². The van der Waals surface area contributed by atoms with Crippen molar-refractivity contribution >= 4 is 5.69 Å². The fourth-order valence-electron chi connectivity index (χ4n) is 1.82. The summed E-state index contributed by atoms with van der Waals surface area (Å²) in [5.41, 5.74) is 7.84. The number of hydrogen-bond acceptors (Lipinski definition) is 3. The van der Waals surface area contributed by atoms with E-state index in [1.807, 2.05) is 48.5 Å². The molecule has 0 unspecified atom stereocenters. The Bertz CT molecular complexity index is 511. The van der Waals surface area contributed by atoms with Crippen molar-refractivity contribution in [2.24, 2.45) is 0 Å². The average molecular weight is 256 g/mol. The lowest BCUT2D eigenvalue weighted by atomic mass is 10.1. The molecule has 0 aliphatic heterocycles. The molecule has 0 fully saturated rings. The lowest BCUT2D eigenvalue weighted by Gasteiger charge is -2.10. The first-order valence-electron chi connectivity index (χ1n) is 6.61. The second-order valence-corrected chi connectivity index (χ2v) is 4.45. The van der Waals surface area contributed by atoms with Gasteiger partial charge in [-0.15, -0.1) is 0 Å². The molecule has 2 aromatic carbocycles. The van der Waals surface area contributed by atoms with Crippen LogP contribution in [-0.4, -0.2) is 6.54 Å². The van der Waals surface area contributed by atoms with Crippen molar-refractivity contribution < 1.29 is 4.74 Å². The van der Waals surface area contributed by atoms with E-state index in [2.05, 4.69) is 12.2 Å². The van der Waals surface area contributed by atoms with Gasteiger partial charge in [0.1, 0.15) is 11.5 Å². The Morgan fingerprint density at radius 1 is 1.05 bits per heavy atom. The third-order valence-electron chi connectivity index (χ3n) is 2.84. The van der Waals surface area contributed by atoms with Gasteiger partial charge < -0.3 is 15.8 Å². The maximum atomic E-state index is 5.97. The smallest absolute Gasteiger partial charge is 0.127 e. The Hall–Kier alpha value is -2.00. The monoisotopic (exact) mass is 256 g/mol. The molecule has 0 radical (unpaired) electrons. The van der Waals surface area contributed by atoms with E-state index < -0.39 is 0 Å². The molecule has 0 aromatic heterocycles. The molecule has 19 heavy (non-hydrogen) atoms. The van der Waals surface area contributed by atoms with Crippen molar-refractivity contribution in [3.05, 3.63) is 54.1 Å². The molecule has 0 bridgehead atoms. The molecule has 0 heterocycles. The zero-order chi connectivity index (χ0) is 13.5. The molecule has 3 heteroatoms. The van der Waals surface area contributed by atoms with E-state index in [-0.39, 0.29) is 0 Å². The van der Waals surface area contributed by atoms with Crippen molar-refractivity contribution in [2.75, 3.05) is 12.3 Å². The van der Waals surface area contributed by atoms with E-state index >= 15 is 0 Å². The van der Waals surface area contributed by atoms with E-state index in [0.717, 1.165) is 42.3 Å². The lowest BCUT2D eigenvalue weighted by Crippen LogP contribution is -2.14. The van der Waals surface area contributed by atoms with Gasteiger partial charge in [-0.2, -0.15) is 0 Å². The first-order valence-corrected chi connectivity index (χ1v) is 6.61. The highest BCUT2D eigenvalue weighted by Crippen LogP contribution is 2.24. The van der Waals surface area contributed by atoms with Gasteiger partial charge in [0.25, 0.3) is 0 Å². The van der Waals surface area contributed by atoms with Gasteiger partial charge in [0, 0.05) is 12.2 Å². The fraction of sp³-hybridized carbons (Fsp3) is 0.250. The van der Waals surface area contributed by atoms with Crippen LogP contribution in [0.4, 0.5) is 5.69 Å². The molecule has 0 aliphatic carbocycles. The number of para-hydroxylation sites is 1. The van der Waals surface area contributed by atoms with Crippen LogP contribution in [0.5, 0.6) is 11.5 Å². The van der Waals surface area contributed by atoms with Gasteiger partial charge in [0.05, 0.1) is 0 Å². The number of anilines is 1. The molecule has 0 aliphatic rings. The van der Waals surface area contributed by atoms with Crippen LogP contribution < -0.4 is 15.8 Å². The zero-order valence-corrected chi connectivity index (χ0v) is 11.2. The highest BCUT2D eigenvalue weighted by Gasteiger charge is 2.03. The average Bonchev–Trinajstić information content (AvgIpc) is 2.44. The summed E-state index contributed by atoms with van der Waals surface area (Å²) in [6.07, 6.45) is 1.11. The van der Waals surface area contributed by atoms with E-state index in [0.29, 0.717) is 0 Å². The molecule has 3 nitrogen and oxygen atoms in total. The van der Waals surface area contributed by atoms with E-state index in [9.17, 15) is 0 Å². The molecule has 0 atom stereocenters. The van der Waals surface area contributed by atoms with Gasteiger partial charge in [-0.3, -0.25) is 0 Å². The fourth-order valence-corrected chi connectivity index (χ4v) is 1.82. The minimum absolute atomic E-state index is 0.770. The quantitative estimate of drug-likeness (QED) is 0.613. The topological polar surface area (TPSA) is 47.3 Å². The molecular formula is C16H20N2O. The molecule has 0 saturated carbocycles. The Kier molecular flexibility index (Phi) is 4.81. The highest BCUT2D eigenvalue weighted by atomic mass is 16.5. The first-order chi connectivity index (χ1) is 9.29. The van der Waals surface area contributed by atoms with Crippen LogP contribution in [0.3, 0.4) is 0 Å². The van der Waals surface area contributed by atoms with Crippen LogP contribution in [0, 0.1) is 0 Å². The van der Waals surface area contributed by atoms with Gasteiger partial charge in [-0.25, -0.2) is 0 Å². The molecule has 2 rings (SSSR count). The van der Waals surface area contributed by atoms with Crippen molar-refractivity contribution in [1.29, 1.82) is 0 Å². The molecule has 0 amide bonds. The van der Waals surface area contributed by atoms with Crippen LogP contribution in [-0.2, 0) is 6.54 Å². The zero-order valence-electron chi connectivity index (χ0n) is 11.2. The van der Waals surface area contributed by atoms with Crippen LogP contribution in [0.15, 0.2) is 48.5 Å². The molecule has 0 saturated heterocycles. The number of ether oxygens (including phenoxy) is 1. The normalized spacial score (nSPS) is 10.4. The summed E-state index contributed by atoms with van der Waals surface area (Å²) >= 11 is 0. The van der Waals surface area contributed by atoms with E-state index in [1.54, 1.807) is 0 Å². The SMILES string of the molecule is CCCNCc1cc(Oc2ccccc2)ccc1N. The molecule has 0 spiro atoms.